The summed E-state index contributed by atoms with van der Waals surface area (Å²) in [4.78, 5) is 39.8. The summed E-state index contributed by atoms with van der Waals surface area (Å²) in [7, 11) is 0. The molecule has 1 aromatic carbocycles. The van der Waals surface area contributed by atoms with E-state index in [0.717, 1.165) is 29.7 Å². The first-order valence-electron chi connectivity index (χ1n) is 12.7. The van der Waals surface area contributed by atoms with Crippen LogP contribution in [0.1, 0.15) is 65.4 Å². The predicted octanol–water partition coefficient (Wildman–Crippen LogP) is 1.61. The molecular weight excluding hydrogens is 462 g/mol. The number of nitrogens with zero attached hydrogens (tertiary/aromatic N) is 2. The number of amides is 3. The van der Waals surface area contributed by atoms with Crippen LogP contribution in [0.3, 0.4) is 0 Å². The number of carbonyl (C=O) groups excluding carboxylic acids is 3. The van der Waals surface area contributed by atoms with Crippen LogP contribution in [0.25, 0.3) is 0 Å². The molecule has 1 atom stereocenters. The molecule has 2 fully saturated rings. The molecule has 0 spiro atoms. The van der Waals surface area contributed by atoms with Crippen LogP contribution in [0, 0.1) is 12.8 Å². The van der Waals surface area contributed by atoms with Crippen LogP contribution in [-0.4, -0.2) is 65.1 Å². The summed E-state index contributed by atoms with van der Waals surface area (Å²) in [5.74, 6) is 0.453. The van der Waals surface area contributed by atoms with Gasteiger partial charge in [0.1, 0.15) is 11.5 Å². The number of rotatable bonds is 10. The normalized spacial score (nSPS) is 17.0. The van der Waals surface area contributed by atoms with E-state index in [1.54, 1.807) is 23.1 Å². The number of aromatic hydroxyl groups is 1. The van der Waals surface area contributed by atoms with E-state index in [1.165, 1.54) is 0 Å². The van der Waals surface area contributed by atoms with Crippen molar-refractivity contribution in [1.82, 2.24) is 20.7 Å². The number of phenolic OH excluding ortho intramolecular Hbond substituents is 1. The zero-order valence-electron chi connectivity index (χ0n) is 20.7. The summed E-state index contributed by atoms with van der Waals surface area (Å²) < 4.78 is 5.28. The molecule has 194 valence electrons. The zero-order chi connectivity index (χ0) is 25.7. The number of hydrogen-bond donors (Lipinski definition) is 4. The Kier molecular flexibility index (Phi) is 8.25. The fraction of sp³-hybridized carbons (Fsp3) is 0.538. The van der Waals surface area contributed by atoms with Gasteiger partial charge in [0.25, 0.3) is 5.91 Å². The highest BCUT2D eigenvalue weighted by Gasteiger charge is 2.31. The zero-order valence-corrected chi connectivity index (χ0v) is 20.7. The maximum absolute atomic E-state index is 13.4. The number of hydrogen-bond acceptors (Lipinski definition) is 7. The summed E-state index contributed by atoms with van der Waals surface area (Å²) in [5, 5.41) is 19.6. The Morgan fingerprint density at radius 1 is 1.19 bits per heavy atom. The second-order valence-corrected chi connectivity index (χ2v) is 9.83. The molecule has 2 aliphatic rings. The molecule has 5 N–H and O–H groups in total. The third-order valence-corrected chi connectivity index (χ3v) is 6.89. The van der Waals surface area contributed by atoms with Crippen molar-refractivity contribution in [2.24, 2.45) is 11.7 Å². The number of piperidine rings is 1. The van der Waals surface area contributed by atoms with E-state index in [2.05, 4.69) is 15.8 Å². The van der Waals surface area contributed by atoms with Crippen molar-refractivity contribution in [1.29, 1.82) is 0 Å². The number of aromatic nitrogens is 1. The number of phenols is 1. The van der Waals surface area contributed by atoms with E-state index in [-0.39, 0.29) is 49.0 Å². The van der Waals surface area contributed by atoms with Gasteiger partial charge in [0.15, 0.2) is 5.69 Å². The summed E-state index contributed by atoms with van der Waals surface area (Å²) in [6, 6.07) is 6.95. The van der Waals surface area contributed by atoms with Crippen LogP contribution in [0.5, 0.6) is 5.75 Å². The Morgan fingerprint density at radius 2 is 1.94 bits per heavy atom. The van der Waals surface area contributed by atoms with Crippen LogP contribution in [0.15, 0.2) is 28.8 Å². The monoisotopic (exact) mass is 497 g/mol. The molecule has 4 rings (SSSR count). The van der Waals surface area contributed by atoms with Gasteiger partial charge in [0.05, 0.1) is 5.92 Å². The first-order valence-corrected chi connectivity index (χ1v) is 12.7. The lowest BCUT2D eigenvalue weighted by atomic mass is 9.94. The Morgan fingerprint density at radius 3 is 2.61 bits per heavy atom. The van der Waals surface area contributed by atoms with E-state index in [0.29, 0.717) is 44.0 Å². The number of likely N-dealkylation sites (tertiary alicyclic amines) is 1. The van der Waals surface area contributed by atoms with Crippen molar-refractivity contribution < 1.29 is 24.0 Å². The van der Waals surface area contributed by atoms with Crippen LogP contribution >= 0.6 is 0 Å². The number of nitrogens with one attached hydrogen (secondary N) is 2. The van der Waals surface area contributed by atoms with Gasteiger partial charge in [-0.3, -0.25) is 14.4 Å². The van der Waals surface area contributed by atoms with E-state index in [1.807, 2.05) is 13.0 Å². The number of benzene rings is 1. The summed E-state index contributed by atoms with van der Waals surface area (Å²) in [6.45, 7) is 3.29. The minimum atomic E-state index is -0.446. The summed E-state index contributed by atoms with van der Waals surface area (Å²) in [6.07, 6.45) is 4.07. The molecule has 1 saturated heterocycles. The van der Waals surface area contributed by atoms with Gasteiger partial charge in [-0.1, -0.05) is 17.3 Å². The lowest BCUT2D eigenvalue weighted by Gasteiger charge is -2.34. The molecule has 0 unspecified atom stereocenters. The summed E-state index contributed by atoms with van der Waals surface area (Å²) >= 11 is 0. The molecule has 0 radical (unpaired) electrons. The maximum Gasteiger partial charge on any atom is 0.273 e. The molecule has 36 heavy (non-hydrogen) atoms. The summed E-state index contributed by atoms with van der Waals surface area (Å²) in [5.41, 5.74) is 7.42. The third-order valence-electron chi connectivity index (χ3n) is 6.89. The van der Waals surface area contributed by atoms with E-state index in [9.17, 15) is 19.5 Å². The minimum absolute atomic E-state index is 0.0378. The second kappa shape index (κ2) is 11.6. The number of nitrogens with two attached hydrogens (primary N) is 1. The smallest absolute Gasteiger partial charge is 0.273 e. The van der Waals surface area contributed by atoms with Crippen molar-refractivity contribution >= 4 is 17.7 Å². The molecule has 0 bridgehead atoms. The Labute approximate surface area is 210 Å². The first kappa shape index (κ1) is 25.7. The standard InChI is InChI=1S/C26H35N5O5/c1-16-12-17(2-5-22(16)32)13-19(15-28-24(33)6-9-27)26(35)31-10-7-20(8-11-31)29-25(34)21-14-23(36-30-21)18-3-4-18/h2,5,12,14,18-20,32H,3-4,6-11,13,15,27H2,1H3,(H,28,33)(H,29,34)/t19-/m1/s1. The molecule has 3 amide bonds. The molecule has 2 heterocycles. The van der Waals surface area contributed by atoms with Gasteiger partial charge in [0, 0.05) is 50.6 Å². The number of carbonyl (C=O) groups is 3. The van der Waals surface area contributed by atoms with Crippen LogP contribution < -0.4 is 16.4 Å². The quantitative estimate of drug-likeness (QED) is 0.389. The highest BCUT2D eigenvalue weighted by molar-refractivity contribution is 5.92. The van der Waals surface area contributed by atoms with Gasteiger partial charge < -0.3 is 30.9 Å². The Hall–Kier alpha value is -3.40. The van der Waals surface area contributed by atoms with Crippen molar-refractivity contribution in [3.63, 3.8) is 0 Å². The van der Waals surface area contributed by atoms with Gasteiger partial charge in [-0.15, -0.1) is 0 Å². The molecule has 10 heteroatoms. The van der Waals surface area contributed by atoms with Crippen LogP contribution in [0.4, 0.5) is 0 Å². The van der Waals surface area contributed by atoms with Crippen molar-refractivity contribution in [3.05, 3.63) is 46.8 Å². The first-order chi connectivity index (χ1) is 17.3. The van der Waals surface area contributed by atoms with Gasteiger partial charge in [-0.2, -0.15) is 0 Å². The minimum Gasteiger partial charge on any atom is -0.508 e. The average Bonchev–Trinajstić information content (AvgIpc) is 3.60. The fourth-order valence-electron chi connectivity index (χ4n) is 4.55. The second-order valence-electron chi connectivity index (χ2n) is 9.83. The van der Waals surface area contributed by atoms with Crippen molar-refractivity contribution in [2.45, 2.75) is 57.4 Å². The SMILES string of the molecule is Cc1cc(C[C@H](CNC(=O)CCN)C(=O)N2CCC(NC(=O)c3cc(C4CC4)on3)CC2)ccc1O. The topological polar surface area (TPSA) is 151 Å². The van der Waals surface area contributed by atoms with Gasteiger partial charge in [0.2, 0.25) is 11.8 Å². The molecule has 1 aromatic heterocycles. The van der Waals surface area contributed by atoms with Gasteiger partial charge in [-0.25, -0.2) is 0 Å². The Balaban J connectivity index is 1.33. The third kappa shape index (κ3) is 6.63. The van der Waals surface area contributed by atoms with E-state index in [4.69, 9.17) is 10.3 Å². The lowest BCUT2D eigenvalue weighted by molar-refractivity contribution is -0.136. The van der Waals surface area contributed by atoms with Gasteiger partial charge >= 0.3 is 0 Å². The van der Waals surface area contributed by atoms with E-state index >= 15 is 0 Å². The highest BCUT2D eigenvalue weighted by Crippen LogP contribution is 2.40. The molecular formula is C26H35N5O5. The predicted molar refractivity (Wildman–Crippen MR) is 132 cm³/mol. The van der Waals surface area contributed by atoms with E-state index < -0.39 is 5.92 Å². The average molecular weight is 498 g/mol. The Bertz CT molecular complexity index is 1090. The lowest BCUT2D eigenvalue weighted by Crippen LogP contribution is -2.49. The van der Waals surface area contributed by atoms with Gasteiger partial charge in [-0.05, 0) is 56.2 Å². The highest BCUT2D eigenvalue weighted by atomic mass is 16.5. The maximum atomic E-state index is 13.4. The molecule has 10 nitrogen and oxygen atoms in total. The van der Waals surface area contributed by atoms with Crippen LogP contribution in [0.2, 0.25) is 0 Å². The number of aryl methyl sites for hydroxylation is 1. The van der Waals surface area contributed by atoms with Crippen molar-refractivity contribution in [2.75, 3.05) is 26.2 Å². The largest absolute Gasteiger partial charge is 0.508 e. The molecule has 1 aliphatic carbocycles. The fourth-order valence-corrected chi connectivity index (χ4v) is 4.55. The molecule has 1 saturated carbocycles. The molecule has 1 aliphatic heterocycles. The van der Waals surface area contributed by atoms with Crippen LogP contribution in [-0.2, 0) is 16.0 Å². The molecule has 2 aromatic rings. The van der Waals surface area contributed by atoms with Crippen molar-refractivity contribution in [3.8, 4) is 5.75 Å².